The van der Waals surface area contributed by atoms with Crippen molar-refractivity contribution in [3.8, 4) is 5.69 Å². The van der Waals surface area contributed by atoms with Crippen molar-refractivity contribution in [2.75, 3.05) is 13.6 Å². The van der Waals surface area contributed by atoms with Crippen molar-refractivity contribution in [3.05, 3.63) is 47.8 Å². The fraction of sp³-hybridized carbons (Fsp3) is 0.250. The van der Waals surface area contributed by atoms with E-state index in [0.717, 1.165) is 0 Å². The van der Waals surface area contributed by atoms with E-state index in [1.165, 1.54) is 29.6 Å². The van der Waals surface area contributed by atoms with Crippen LogP contribution < -0.4 is 5.73 Å². The largest absolute Gasteiger partial charge is 0.481 e. The number of aromatic nitrogens is 2. The Hall–Kier alpha value is -3.16. The molecule has 0 saturated carbocycles. The van der Waals surface area contributed by atoms with Gasteiger partial charge in [0.05, 0.1) is 11.6 Å². The highest BCUT2D eigenvalue weighted by molar-refractivity contribution is 5.97. The highest BCUT2D eigenvalue weighted by Gasteiger charge is 2.23. The Morgan fingerprint density at radius 2 is 1.92 bits per heavy atom. The van der Waals surface area contributed by atoms with Gasteiger partial charge in [0.25, 0.3) is 11.8 Å². The summed E-state index contributed by atoms with van der Waals surface area (Å²) in [6.45, 7) is 1.53. The Kier molecular flexibility index (Phi) is 4.98. The Balaban J connectivity index is 2.33. The number of hydrogen-bond acceptors (Lipinski definition) is 4. The van der Waals surface area contributed by atoms with Gasteiger partial charge in [-0.25, -0.2) is 4.68 Å². The average Bonchev–Trinajstić information content (AvgIpc) is 3.00. The van der Waals surface area contributed by atoms with E-state index < -0.39 is 23.7 Å². The van der Waals surface area contributed by atoms with Gasteiger partial charge < -0.3 is 15.7 Å². The molecule has 24 heavy (non-hydrogen) atoms. The lowest BCUT2D eigenvalue weighted by Gasteiger charge is -2.18. The maximum atomic E-state index is 12.4. The first kappa shape index (κ1) is 17.2. The lowest BCUT2D eigenvalue weighted by molar-refractivity contribution is -0.141. The summed E-state index contributed by atoms with van der Waals surface area (Å²) >= 11 is 0. The highest BCUT2D eigenvalue weighted by Crippen LogP contribution is 2.14. The Morgan fingerprint density at radius 3 is 2.46 bits per heavy atom. The van der Waals surface area contributed by atoms with Crippen molar-refractivity contribution < 1.29 is 19.5 Å². The van der Waals surface area contributed by atoms with E-state index in [0.29, 0.717) is 5.69 Å². The number of primary amides is 1. The molecular formula is C16H18N4O4. The molecule has 126 valence electrons. The first-order valence-electron chi connectivity index (χ1n) is 7.24. The van der Waals surface area contributed by atoms with Crippen molar-refractivity contribution >= 4 is 17.8 Å². The molecule has 8 heteroatoms. The molecule has 2 amide bonds. The number of benzene rings is 1. The van der Waals surface area contributed by atoms with Gasteiger partial charge in [-0.05, 0) is 12.1 Å². The van der Waals surface area contributed by atoms with E-state index in [1.807, 2.05) is 6.07 Å². The summed E-state index contributed by atoms with van der Waals surface area (Å²) in [7, 11) is 1.48. The van der Waals surface area contributed by atoms with E-state index in [2.05, 4.69) is 5.10 Å². The van der Waals surface area contributed by atoms with Crippen LogP contribution in [0.25, 0.3) is 5.69 Å². The highest BCUT2D eigenvalue weighted by atomic mass is 16.4. The summed E-state index contributed by atoms with van der Waals surface area (Å²) in [6, 6.07) is 10.1. The third-order valence-electron chi connectivity index (χ3n) is 3.50. The molecule has 8 nitrogen and oxygen atoms in total. The predicted molar refractivity (Wildman–Crippen MR) is 85.8 cm³/mol. The van der Waals surface area contributed by atoms with Gasteiger partial charge in [0.1, 0.15) is 5.69 Å². The minimum absolute atomic E-state index is 0.0211. The fourth-order valence-corrected chi connectivity index (χ4v) is 2.19. The topological polar surface area (TPSA) is 119 Å². The molecule has 2 rings (SSSR count). The standard InChI is InChI=1S/C16H18N4O4/c1-10(16(23)24)9-19(2)15(22)12-8-13(14(17)21)20(18-12)11-6-4-3-5-7-11/h3-8,10H,9H2,1-2H3,(H2,17,21)(H,23,24). The van der Waals surface area contributed by atoms with E-state index >= 15 is 0 Å². The van der Waals surface area contributed by atoms with Gasteiger partial charge >= 0.3 is 5.97 Å². The molecule has 1 atom stereocenters. The number of nitrogens with two attached hydrogens (primary N) is 1. The van der Waals surface area contributed by atoms with Crippen LogP contribution in [0.1, 0.15) is 27.9 Å². The minimum atomic E-state index is -0.998. The van der Waals surface area contributed by atoms with Crippen molar-refractivity contribution in [2.24, 2.45) is 11.7 Å². The van der Waals surface area contributed by atoms with Crippen LogP contribution in [0.4, 0.5) is 0 Å². The monoisotopic (exact) mass is 330 g/mol. The molecule has 3 N–H and O–H groups in total. The first-order valence-corrected chi connectivity index (χ1v) is 7.24. The number of para-hydroxylation sites is 1. The van der Waals surface area contributed by atoms with Crippen molar-refractivity contribution in [2.45, 2.75) is 6.92 Å². The number of carboxylic acid groups (broad SMARTS) is 1. The Bertz CT molecular complexity index is 770. The molecule has 0 aliphatic carbocycles. The summed E-state index contributed by atoms with van der Waals surface area (Å²) < 4.78 is 1.30. The van der Waals surface area contributed by atoms with Gasteiger partial charge in [-0.15, -0.1) is 0 Å². The smallest absolute Gasteiger partial charge is 0.308 e. The summed E-state index contributed by atoms with van der Waals surface area (Å²) in [5.74, 6) is -2.92. The minimum Gasteiger partial charge on any atom is -0.481 e. The van der Waals surface area contributed by atoms with Crippen LogP contribution in [-0.4, -0.2) is 51.2 Å². The Morgan fingerprint density at radius 1 is 1.29 bits per heavy atom. The third-order valence-corrected chi connectivity index (χ3v) is 3.50. The van der Waals surface area contributed by atoms with E-state index in [9.17, 15) is 14.4 Å². The van der Waals surface area contributed by atoms with Crippen LogP contribution in [0.3, 0.4) is 0 Å². The van der Waals surface area contributed by atoms with Crippen LogP contribution in [0.15, 0.2) is 36.4 Å². The molecule has 0 bridgehead atoms. The second-order valence-electron chi connectivity index (χ2n) is 5.45. The molecule has 1 aromatic carbocycles. The number of aliphatic carboxylic acids is 1. The molecule has 0 saturated heterocycles. The number of carboxylic acids is 1. The SMILES string of the molecule is CC(CN(C)C(=O)c1cc(C(N)=O)n(-c2ccccc2)n1)C(=O)O. The summed E-state index contributed by atoms with van der Waals surface area (Å²) in [5.41, 5.74) is 6.04. The first-order chi connectivity index (χ1) is 11.3. The number of hydrogen-bond donors (Lipinski definition) is 2. The van der Waals surface area contributed by atoms with E-state index in [4.69, 9.17) is 10.8 Å². The second kappa shape index (κ2) is 6.95. The van der Waals surface area contributed by atoms with Gasteiger partial charge in [-0.1, -0.05) is 25.1 Å². The van der Waals surface area contributed by atoms with Crippen LogP contribution in [0.2, 0.25) is 0 Å². The van der Waals surface area contributed by atoms with E-state index in [-0.39, 0.29) is 17.9 Å². The number of carbonyl (C=O) groups is 3. The molecule has 0 radical (unpaired) electrons. The lowest BCUT2D eigenvalue weighted by atomic mass is 10.1. The van der Waals surface area contributed by atoms with Gasteiger partial charge in [-0.2, -0.15) is 5.10 Å². The molecule has 0 spiro atoms. The van der Waals surface area contributed by atoms with Crippen LogP contribution in [0, 0.1) is 5.92 Å². The lowest BCUT2D eigenvalue weighted by Crippen LogP contribution is -2.34. The average molecular weight is 330 g/mol. The Labute approximate surface area is 138 Å². The maximum Gasteiger partial charge on any atom is 0.308 e. The zero-order chi connectivity index (χ0) is 17.9. The molecule has 1 aromatic heterocycles. The zero-order valence-corrected chi connectivity index (χ0v) is 13.3. The third kappa shape index (κ3) is 3.60. The number of carbonyl (C=O) groups excluding carboxylic acids is 2. The van der Waals surface area contributed by atoms with Gasteiger partial charge in [-0.3, -0.25) is 14.4 Å². The van der Waals surface area contributed by atoms with Crippen LogP contribution >= 0.6 is 0 Å². The fourth-order valence-electron chi connectivity index (χ4n) is 2.19. The molecular weight excluding hydrogens is 312 g/mol. The van der Waals surface area contributed by atoms with Crippen molar-refractivity contribution in [3.63, 3.8) is 0 Å². The van der Waals surface area contributed by atoms with Crippen molar-refractivity contribution in [1.29, 1.82) is 0 Å². The molecule has 0 aliphatic heterocycles. The molecule has 0 aliphatic rings. The quantitative estimate of drug-likeness (QED) is 0.810. The van der Waals surface area contributed by atoms with Gasteiger partial charge in [0.15, 0.2) is 5.69 Å². The van der Waals surface area contributed by atoms with Crippen LogP contribution in [-0.2, 0) is 4.79 Å². The molecule has 0 fully saturated rings. The van der Waals surface area contributed by atoms with Crippen LogP contribution in [0.5, 0.6) is 0 Å². The number of rotatable bonds is 6. The summed E-state index contributed by atoms with van der Waals surface area (Å²) in [4.78, 5) is 36.2. The zero-order valence-electron chi connectivity index (χ0n) is 13.3. The second-order valence-corrected chi connectivity index (χ2v) is 5.45. The summed E-state index contributed by atoms with van der Waals surface area (Å²) in [6.07, 6.45) is 0. The van der Waals surface area contributed by atoms with Crippen molar-refractivity contribution in [1.82, 2.24) is 14.7 Å². The maximum absolute atomic E-state index is 12.4. The van der Waals surface area contributed by atoms with E-state index in [1.54, 1.807) is 24.3 Å². The van der Waals surface area contributed by atoms with Gasteiger partial charge in [0, 0.05) is 19.7 Å². The summed E-state index contributed by atoms with van der Waals surface area (Å²) in [5, 5.41) is 13.1. The number of nitrogens with zero attached hydrogens (tertiary/aromatic N) is 3. The number of amides is 2. The predicted octanol–water partition coefficient (Wildman–Crippen LogP) is 0.764. The molecule has 1 unspecified atom stereocenters. The molecule has 2 aromatic rings. The van der Waals surface area contributed by atoms with Gasteiger partial charge in [0.2, 0.25) is 0 Å². The molecule has 1 heterocycles. The normalized spacial score (nSPS) is 11.8.